The fraction of sp³-hybridized carbons (Fsp3) is 0.548. The zero-order valence-corrected chi connectivity index (χ0v) is 23.6. The molecule has 1 amide bonds. The van der Waals surface area contributed by atoms with E-state index in [0.29, 0.717) is 12.2 Å². The summed E-state index contributed by atoms with van der Waals surface area (Å²) in [6.45, 7) is 20.1. The predicted molar refractivity (Wildman–Crippen MR) is 150 cm³/mol. The van der Waals surface area contributed by atoms with E-state index in [1.54, 1.807) is 0 Å². The van der Waals surface area contributed by atoms with E-state index >= 15 is 0 Å². The molecular weight excluding hydrogens is 418 g/mol. The van der Waals surface area contributed by atoms with Gasteiger partial charge in [-0.2, -0.15) is 0 Å². The molecule has 0 saturated heterocycles. The topological polar surface area (TPSA) is 46.2 Å². The molecule has 2 aromatic carbocycles. The standard InChI is InChI=1S/C15H22O.C12H17NO.2C2H6/c1-4-15(2,3)14(16)12-8-11-13-9-6-5-7-10-13;1-4-12(2,3)11(14)13-10-8-6-5-7-9-10;2*1-2/h5-7,9-10H,4,8,11-12H2,1-3H3;5-9H,4H2,1-3H3,(H,13,14);2*1-2H3. The molecule has 0 radical (unpaired) electrons. The van der Waals surface area contributed by atoms with Gasteiger partial charge in [0.05, 0.1) is 0 Å². The zero-order valence-electron chi connectivity index (χ0n) is 23.6. The molecule has 3 nitrogen and oxygen atoms in total. The number of anilines is 1. The molecular formula is C31H51NO2. The van der Waals surface area contributed by atoms with E-state index in [0.717, 1.165) is 31.4 Å². The maximum absolute atomic E-state index is 11.9. The number of nitrogens with one attached hydrogen (secondary N) is 1. The van der Waals surface area contributed by atoms with E-state index in [-0.39, 0.29) is 16.7 Å². The maximum atomic E-state index is 11.9. The first-order valence-electron chi connectivity index (χ1n) is 13.1. The lowest BCUT2D eigenvalue weighted by Crippen LogP contribution is -2.29. The Morgan fingerprint density at radius 2 is 1.15 bits per heavy atom. The van der Waals surface area contributed by atoms with Crippen molar-refractivity contribution in [2.45, 2.75) is 101 Å². The van der Waals surface area contributed by atoms with Crippen molar-refractivity contribution in [1.29, 1.82) is 0 Å². The number of benzene rings is 2. The molecule has 0 bridgehead atoms. The minimum Gasteiger partial charge on any atom is -0.326 e. The van der Waals surface area contributed by atoms with E-state index in [9.17, 15) is 9.59 Å². The lowest BCUT2D eigenvalue weighted by molar-refractivity contribution is -0.127. The molecule has 0 saturated carbocycles. The third kappa shape index (κ3) is 14.0. The number of ketones is 1. The Bertz CT molecular complexity index is 765. The molecule has 2 aromatic rings. The number of carbonyl (C=O) groups is 2. The van der Waals surface area contributed by atoms with Crippen LogP contribution in [-0.2, 0) is 16.0 Å². The lowest BCUT2D eigenvalue weighted by atomic mass is 9.83. The lowest BCUT2D eigenvalue weighted by Gasteiger charge is -2.21. The van der Waals surface area contributed by atoms with Gasteiger partial charge in [0.1, 0.15) is 5.78 Å². The number of rotatable bonds is 9. The third-order valence-electron chi connectivity index (χ3n) is 5.88. The number of para-hydroxylation sites is 1. The van der Waals surface area contributed by atoms with E-state index < -0.39 is 0 Å². The molecule has 0 atom stereocenters. The minimum absolute atomic E-state index is 0.0752. The first-order valence-corrected chi connectivity index (χ1v) is 13.1. The summed E-state index contributed by atoms with van der Waals surface area (Å²) in [6, 6.07) is 19.9. The van der Waals surface area contributed by atoms with Gasteiger partial charge in [0, 0.05) is 22.9 Å². The SMILES string of the molecule is CC.CC.CCC(C)(C)C(=O)CCCc1ccccc1.CCC(C)(C)C(=O)Nc1ccccc1. The summed E-state index contributed by atoms with van der Waals surface area (Å²) in [5.74, 6) is 0.470. The first-order chi connectivity index (χ1) is 16.1. The number of amides is 1. The Kier molecular flexibility index (Phi) is 18.8. The van der Waals surface area contributed by atoms with Crippen molar-refractivity contribution in [2.75, 3.05) is 5.32 Å². The largest absolute Gasteiger partial charge is 0.326 e. The molecule has 0 aliphatic heterocycles. The second kappa shape index (κ2) is 18.9. The number of aryl methyl sites for hydroxylation is 1. The maximum Gasteiger partial charge on any atom is 0.230 e. The molecule has 0 spiro atoms. The van der Waals surface area contributed by atoms with E-state index in [1.165, 1.54) is 5.56 Å². The third-order valence-corrected chi connectivity index (χ3v) is 5.88. The van der Waals surface area contributed by atoms with Crippen molar-refractivity contribution in [3.8, 4) is 0 Å². The van der Waals surface area contributed by atoms with E-state index in [2.05, 4.69) is 24.4 Å². The van der Waals surface area contributed by atoms with Crippen LogP contribution in [0.1, 0.15) is 100 Å². The summed E-state index contributed by atoms with van der Waals surface area (Å²) in [4.78, 5) is 23.6. The highest BCUT2D eigenvalue weighted by atomic mass is 16.2. The zero-order chi connectivity index (χ0) is 26.6. The van der Waals surface area contributed by atoms with Gasteiger partial charge in [-0.1, -0.05) is 118 Å². The molecule has 0 heterocycles. The molecule has 0 aliphatic rings. The van der Waals surface area contributed by atoms with Crippen LogP contribution >= 0.6 is 0 Å². The van der Waals surface area contributed by atoms with Crippen LogP contribution in [0.25, 0.3) is 0 Å². The van der Waals surface area contributed by atoms with Gasteiger partial charge in [-0.25, -0.2) is 0 Å². The Labute approximate surface area is 210 Å². The second-order valence-corrected chi connectivity index (χ2v) is 9.06. The molecule has 0 aromatic heterocycles. The second-order valence-electron chi connectivity index (χ2n) is 9.06. The highest BCUT2D eigenvalue weighted by molar-refractivity contribution is 5.94. The molecule has 1 N–H and O–H groups in total. The van der Waals surface area contributed by atoms with Crippen molar-refractivity contribution < 1.29 is 9.59 Å². The van der Waals surface area contributed by atoms with Crippen molar-refractivity contribution in [2.24, 2.45) is 10.8 Å². The predicted octanol–water partition coefficient (Wildman–Crippen LogP) is 9.13. The molecule has 34 heavy (non-hydrogen) atoms. The smallest absolute Gasteiger partial charge is 0.230 e. The summed E-state index contributed by atoms with van der Waals surface area (Å²) in [6.07, 6.45) is 4.44. The molecule has 0 aliphatic carbocycles. The van der Waals surface area contributed by atoms with Gasteiger partial charge >= 0.3 is 0 Å². The van der Waals surface area contributed by atoms with Crippen molar-refractivity contribution >= 4 is 17.4 Å². The number of hydrogen-bond donors (Lipinski definition) is 1. The quantitative estimate of drug-likeness (QED) is 0.398. The highest BCUT2D eigenvalue weighted by Crippen LogP contribution is 2.24. The molecule has 3 heteroatoms. The van der Waals surface area contributed by atoms with Crippen molar-refractivity contribution in [3.63, 3.8) is 0 Å². The average molecular weight is 470 g/mol. The molecule has 2 rings (SSSR count). The fourth-order valence-corrected chi connectivity index (χ4v) is 2.62. The van der Waals surface area contributed by atoms with Gasteiger partial charge in [0.15, 0.2) is 0 Å². The summed E-state index contributed by atoms with van der Waals surface area (Å²) < 4.78 is 0. The van der Waals surface area contributed by atoms with Crippen LogP contribution in [0.5, 0.6) is 0 Å². The number of Topliss-reactive ketones (excluding diaryl/α,β-unsaturated/α-hetero) is 1. The average Bonchev–Trinajstić information content (AvgIpc) is 2.88. The van der Waals surface area contributed by atoms with Gasteiger partial charge in [0.2, 0.25) is 5.91 Å². The van der Waals surface area contributed by atoms with Gasteiger partial charge in [-0.05, 0) is 43.4 Å². The Hall–Kier alpha value is -2.42. The summed E-state index contributed by atoms with van der Waals surface area (Å²) in [7, 11) is 0. The summed E-state index contributed by atoms with van der Waals surface area (Å²) in [5.41, 5.74) is 1.75. The number of hydrogen-bond acceptors (Lipinski definition) is 2. The summed E-state index contributed by atoms with van der Waals surface area (Å²) >= 11 is 0. The van der Waals surface area contributed by atoms with Crippen molar-refractivity contribution in [1.82, 2.24) is 0 Å². The van der Waals surface area contributed by atoms with Crippen LogP contribution in [0, 0.1) is 10.8 Å². The van der Waals surface area contributed by atoms with Gasteiger partial charge < -0.3 is 5.32 Å². The summed E-state index contributed by atoms with van der Waals surface area (Å²) in [5, 5.41) is 2.89. The van der Waals surface area contributed by atoms with Crippen molar-refractivity contribution in [3.05, 3.63) is 66.2 Å². The fourth-order valence-electron chi connectivity index (χ4n) is 2.62. The molecule has 0 fully saturated rings. The van der Waals surface area contributed by atoms with Gasteiger partial charge in [0.25, 0.3) is 0 Å². The molecule has 0 unspecified atom stereocenters. The minimum atomic E-state index is -0.296. The Balaban J connectivity index is 0. The van der Waals surface area contributed by atoms with E-state index in [4.69, 9.17) is 0 Å². The van der Waals surface area contributed by atoms with Crippen LogP contribution in [0.3, 0.4) is 0 Å². The monoisotopic (exact) mass is 469 g/mol. The first kappa shape index (κ1) is 33.8. The van der Waals surface area contributed by atoms with E-state index in [1.807, 2.05) is 111 Å². The number of carbonyl (C=O) groups excluding carboxylic acids is 2. The van der Waals surface area contributed by atoms with Crippen LogP contribution in [0.15, 0.2) is 60.7 Å². The molecule has 192 valence electrons. The van der Waals surface area contributed by atoms with Gasteiger partial charge in [-0.15, -0.1) is 0 Å². The Morgan fingerprint density at radius 3 is 1.59 bits per heavy atom. The van der Waals surface area contributed by atoms with Crippen LogP contribution in [0.4, 0.5) is 5.69 Å². The van der Waals surface area contributed by atoms with Crippen LogP contribution < -0.4 is 5.32 Å². The van der Waals surface area contributed by atoms with Crippen LogP contribution in [-0.4, -0.2) is 11.7 Å². The highest BCUT2D eigenvalue weighted by Gasteiger charge is 2.25. The normalized spacial score (nSPS) is 10.3. The van der Waals surface area contributed by atoms with Crippen LogP contribution in [0.2, 0.25) is 0 Å². The van der Waals surface area contributed by atoms with Gasteiger partial charge in [-0.3, -0.25) is 9.59 Å². The Morgan fingerprint density at radius 1 is 0.706 bits per heavy atom.